The second-order valence-electron chi connectivity index (χ2n) is 21.2. The van der Waals surface area contributed by atoms with Gasteiger partial charge in [0.05, 0.1) is 60.6 Å². The number of aliphatic hydroxyl groups is 1. The third-order valence-electron chi connectivity index (χ3n) is 15.2. The Hall–Kier alpha value is -8.49. The van der Waals surface area contributed by atoms with Crippen LogP contribution in [0, 0.1) is 11.3 Å². The topological polar surface area (TPSA) is 263 Å². The summed E-state index contributed by atoms with van der Waals surface area (Å²) in [6, 6.07) is 36.7. The van der Waals surface area contributed by atoms with Gasteiger partial charge in [0.2, 0.25) is 5.91 Å². The first-order valence-electron chi connectivity index (χ1n) is 27.6. The maximum absolute atomic E-state index is 14.1. The molecule has 3 fully saturated rings. The number of ether oxygens (including phenoxy) is 6. The van der Waals surface area contributed by atoms with Crippen molar-refractivity contribution in [3.8, 4) is 63.0 Å². The molecule has 4 aromatic carbocycles. The van der Waals surface area contributed by atoms with Gasteiger partial charge < -0.3 is 54.5 Å². The van der Waals surface area contributed by atoms with Crippen LogP contribution in [0.2, 0.25) is 5.02 Å². The molecule has 2 amide bonds. The Bertz CT molecular complexity index is 3670. The summed E-state index contributed by atoms with van der Waals surface area (Å²) in [6.45, 7) is 6.83. The van der Waals surface area contributed by atoms with Gasteiger partial charge in [-0.15, -0.1) is 0 Å². The van der Waals surface area contributed by atoms with E-state index in [1.54, 1.807) is 17.0 Å². The number of likely N-dealkylation sites (tertiary alicyclic amines) is 1. The van der Waals surface area contributed by atoms with Gasteiger partial charge >= 0.3 is 0 Å². The quantitative estimate of drug-likeness (QED) is 0.0302. The van der Waals surface area contributed by atoms with Crippen molar-refractivity contribution in [1.29, 1.82) is 5.26 Å². The van der Waals surface area contributed by atoms with E-state index in [1.165, 1.54) is 6.33 Å². The standard InChI is InChI=1S/C61H63ClN12O9/c1-61(2,31-41(32-63)59(77)73-25-7-8-42(33-73)74-58-51(56(64)66-36-67-58)53(71-74)40-17-21-45(22-18-40)82-44-9-5-4-6-10-44)72(3)26-29-78-27-23-50(76)65-24-28-79-43-19-15-38(16-20-43)37-11-13-39(14-12-37)52-46(62)30-47-57(69-52)70-60(68-47)83-49-35-81-54-48(75)34-80-55(49)54/h4-6,9-22,30-31,36,42,48-49,54-55,75H,7-8,23-29,33-35H2,1-3H3,(H,65,76)(H2,64,66,67)(H,68,69,70)/b41-31+/t42-,48-,49-,54-,55-/m1/s1. The lowest BCUT2D eigenvalue weighted by molar-refractivity contribution is -0.128. The SMILES string of the molecule is CN(CCOCCC(=O)NCCOc1ccc(-c2ccc(-c3nc4nc(O[C@@H]5CO[C@H]6[C@@H]5OC[C@H]6O)[nH]c4cc3Cl)cc2)cc1)C(C)(C)/C=C(\C#N)C(=O)N1CCC[C@@H](n2nc(-c3ccc(Oc4ccccc4)cc3)c3c(N)ncnc32)C1. The van der Waals surface area contributed by atoms with Crippen LogP contribution >= 0.6 is 11.6 Å². The summed E-state index contributed by atoms with van der Waals surface area (Å²) in [4.78, 5) is 51.7. The minimum Gasteiger partial charge on any atom is -0.492 e. The fourth-order valence-corrected chi connectivity index (χ4v) is 10.7. The number of hydrogen-bond donors (Lipinski definition) is 4. The van der Waals surface area contributed by atoms with E-state index in [0.717, 1.165) is 34.4 Å². The van der Waals surface area contributed by atoms with Crippen LogP contribution in [0.4, 0.5) is 5.82 Å². The van der Waals surface area contributed by atoms with E-state index in [-0.39, 0.29) is 68.4 Å². The number of H-pyrrole nitrogens is 1. The van der Waals surface area contributed by atoms with Crippen LogP contribution in [0.25, 0.3) is 55.8 Å². The van der Waals surface area contributed by atoms with E-state index in [0.29, 0.717) is 95.1 Å². The van der Waals surface area contributed by atoms with Crippen molar-refractivity contribution in [2.45, 2.75) is 69.1 Å². The van der Waals surface area contributed by atoms with Crippen LogP contribution in [0.5, 0.6) is 23.3 Å². The van der Waals surface area contributed by atoms with E-state index >= 15 is 0 Å². The average molecular weight is 1140 g/mol. The number of carbonyl (C=O) groups is 2. The number of rotatable bonds is 21. The Labute approximate surface area is 483 Å². The van der Waals surface area contributed by atoms with Crippen molar-refractivity contribution in [3.63, 3.8) is 0 Å². The number of benzene rings is 4. The molecular formula is C61H63ClN12O9. The highest BCUT2D eigenvalue weighted by atomic mass is 35.5. The zero-order valence-electron chi connectivity index (χ0n) is 46.1. The molecule has 0 spiro atoms. The number of likely N-dealkylation sites (N-methyl/N-ethyl adjacent to an activating group) is 1. The van der Waals surface area contributed by atoms with Gasteiger partial charge in [-0.2, -0.15) is 15.3 Å². The van der Waals surface area contributed by atoms with Gasteiger partial charge in [-0.25, -0.2) is 19.6 Å². The average Bonchev–Trinajstić information content (AvgIpc) is 3.05. The number of aromatic nitrogens is 7. The van der Waals surface area contributed by atoms with Crippen molar-refractivity contribution < 1.29 is 43.1 Å². The molecule has 11 rings (SSSR count). The summed E-state index contributed by atoms with van der Waals surface area (Å²) >= 11 is 6.70. The number of halogens is 1. The third kappa shape index (κ3) is 12.8. The second kappa shape index (κ2) is 24.9. The number of nitrogens with two attached hydrogens (primary N) is 1. The fraction of sp³-hybridized carbons (Fsp3) is 0.344. The number of para-hydroxylation sites is 1. The number of nitrogen functional groups attached to an aromatic ring is 1. The minimum absolute atomic E-state index is 0.0460. The zero-order chi connectivity index (χ0) is 57.6. The minimum atomic E-state index is -0.684. The highest BCUT2D eigenvalue weighted by Gasteiger charge is 2.49. The van der Waals surface area contributed by atoms with Crippen molar-refractivity contribution in [2.24, 2.45) is 0 Å². The second-order valence-corrected chi connectivity index (χ2v) is 21.6. The number of nitrogens with one attached hydrogen (secondary N) is 2. The molecule has 7 heterocycles. The Morgan fingerprint density at radius 3 is 2.37 bits per heavy atom. The van der Waals surface area contributed by atoms with Gasteiger partial charge in [0.25, 0.3) is 11.9 Å². The summed E-state index contributed by atoms with van der Waals surface area (Å²) < 4.78 is 37.0. The molecule has 0 radical (unpaired) electrons. The van der Waals surface area contributed by atoms with Gasteiger partial charge in [-0.1, -0.05) is 66.2 Å². The summed E-state index contributed by atoms with van der Waals surface area (Å²) in [6.07, 6.45) is 2.87. The molecule has 3 aliphatic rings. The predicted octanol–water partition coefficient (Wildman–Crippen LogP) is 7.96. The molecule has 0 saturated carbocycles. The molecule has 0 unspecified atom stereocenters. The van der Waals surface area contributed by atoms with Crippen LogP contribution in [0.3, 0.4) is 0 Å². The molecular weight excluding hydrogens is 1080 g/mol. The lowest BCUT2D eigenvalue weighted by atomic mass is 9.98. The van der Waals surface area contributed by atoms with E-state index in [1.807, 2.05) is 134 Å². The number of hydrogen-bond acceptors (Lipinski definition) is 17. The van der Waals surface area contributed by atoms with Crippen LogP contribution in [0.15, 0.2) is 127 Å². The zero-order valence-corrected chi connectivity index (χ0v) is 46.9. The van der Waals surface area contributed by atoms with Crippen LogP contribution in [0.1, 0.15) is 39.2 Å². The lowest BCUT2D eigenvalue weighted by Crippen LogP contribution is -2.44. The molecule has 21 nitrogen and oxygen atoms in total. The predicted molar refractivity (Wildman–Crippen MR) is 311 cm³/mol. The summed E-state index contributed by atoms with van der Waals surface area (Å²) in [7, 11) is 1.90. The van der Waals surface area contributed by atoms with E-state index in [2.05, 4.69) is 31.3 Å². The normalized spacial score (nSPS) is 19.0. The fourth-order valence-electron chi connectivity index (χ4n) is 10.5. The van der Waals surface area contributed by atoms with Crippen molar-refractivity contribution >= 4 is 51.4 Å². The number of piperidine rings is 1. The summed E-state index contributed by atoms with van der Waals surface area (Å²) in [5.74, 6) is 1.86. The monoisotopic (exact) mass is 1140 g/mol. The molecule has 5 N–H and O–H groups in total. The molecule has 428 valence electrons. The van der Waals surface area contributed by atoms with Crippen molar-refractivity contribution in [1.82, 2.24) is 49.8 Å². The molecule has 5 atom stereocenters. The maximum Gasteiger partial charge on any atom is 0.296 e. The number of anilines is 1. The van der Waals surface area contributed by atoms with Gasteiger partial charge in [0.15, 0.2) is 17.4 Å². The number of carbonyl (C=O) groups excluding carboxylic acids is 2. The van der Waals surface area contributed by atoms with Crippen molar-refractivity contribution in [3.05, 3.63) is 132 Å². The van der Waals surface area contributed by atoms with E-state index in [4.69, 9.17) is 55.8 Å². The largest absolute Gasteiger partial charge is 0.492 e. The summed E-state index contributed by atoms with van der Waals surface area (Å²) in [5.41, 5.74) is 12.3. The van der Waals surface area contributed by atoms with Gasteiger partial charge in [-0.3, -0.25) is 14.5 Å². The van der Waals surface area contributed by atoms with E-state index < -0.39 is 23.9 Å². The molecule has 8 aromatic rings. The molecule has 4 aromatic heterocycles. The van der Waals surface area contributed by atoms with E-state index in [9.17, 15) is 20.0 Å². The molecule has 0 bridgehead atoms. The van der Waals surface area contributed by atoms with Crippen LogP contribution in [-0.4, -0.2) is 158 Å². The number of aliphatic hydroxyl groups excluding tert-OH is 1. The highest BCUT2D eigenvalue weighted by Crippen LogP contribution is 2.37. The number of amides is 2. The molecule has 22 heteroatoms. The Morgan fingerprint density at radius 2 is 1.60 bits per heavy atom. The number of nitrogens with zero attached hydrogens (tertiary/aromatic N) is 9. The highest BCUT2D eigenvalue weighted by molar-refractivity contribution is 6.33. The first-order valence-corrected chi connectivity index (χ1v) is 27.9. The first kappa shape index (κ1) is 56.4. The number of imidazole rings is 1. The number of nitriles is 1. The number of fused-ring (bicyclic) bond motifs is 3. The Morgan fingerprint density at radius 1 is 0.904 bits per heavy atom. The number of pyridine rings is 1. The third-order valence-corrected chi connectivity index (χ3v) is 15.5. The Balaban J connectivity index is 0.599. The molecule has 3 saturated heterocycles. The molecule has 3 aliphatic heterocycles. The van der Waals surface area contributed by atoms with Crippen molar-refractivity contribution in [2.75, 3.05) is 72.0 Å². The maximum atomic E-state index is 14.1. The molecule has 83 heavy (non-hydrogen) atoms. The lowest BCUT2D eigenvalue weighted by Gasteiger charge is -2.35. The first-order chi connectivity index (χ1) is 40.3. The van der Waals surface area contributed by atoms with Crippen LogP contribution < -0.4 is 25.3 Å². The van der Waals surface area contributed by atoms with Crippen LogP contribution in [-0.2, 0) is 23.8 Å². The van der Waals surface area contributed by atoms with Gasteiger partial charge in [-0.05, 0) is 106 Å². The Kier molecular flexibility index (Phi) is 16.9. The van der Waals surface area contributed by atoms with Gasteiger partial charge in [0, 0.05) is 42.7 Å². The summed E-state index contributed by atoms with van der Waals surface area (Å²) in [5, 5.41) is 29.4. The molecule has 0 aliphatic carbocycles. The number of aromatic amines is 1. The smallest absolute Gasteiger partial charge is 0.296 e. The van der Waals surface area contributed by atoms with Gasteiger partial charge in [0.1, 0.15) is 71.6 Å².